The lowest BCUT2D eigenvalue weighted by Crippen LogP contribution is -2.17. The maximum absolute atomic E-state index is 5.66. The Balaban J connectivity index is 1.84. The number of hydrogen-bond acceptors (Lipinski definition) is 5. The number of aromatic nitrogens is 1. The highest BCUT2D eigenvalue weighted by atomic mass is 32.2. The van der Waals surface area contributed by atoms with Crippen molar-refractivity contribution in [3.05, 3.63) is 5.69 Å². The summed E-state index contributed by atoms with van der Waals surface area (Å²) in [7, 11) is 0. The number of thiazole rings is 1. The SMILES string of the molecule is Cc1nc(N)sc1SCC1CCOCC1. The number of thioether (sulfide) groups is 1. The minimum atomic E-state index is 0.682. The highest BCUT2D eigenvalue weighted by Gasteiger charge is 2.15. The Morgan fingerprint density at radius 3 is 2.87 bits per heavy atom. The summed E-state index contributed by atoms with van der Waals surface area (Å²) in [5.41, 5.74) is 6.74. The number of ether oxygens (including phenoxy) is 1. The first-order valence-electron chi connectivity index (χ1n) is 5.19. The molecule has 84 valence electrons. The molecule has 1 aliphatic heterocycles. The number of nitrogens with two attached hydrogens (primary N) is 1. The molecule has 0 radical (unpaired) electrons. The average molecular weight is 244 g/mol. The Bertz CT molecular complexity index is 321. The Hall–Kier alpha value is -0.260. The molecule has 0 amide bonds. The van der Waals surface area contributed by atoms with E-state index in [0.29, 0.717) is 5.13 Å². The predicted octanol–water partition coefficient (Wildman–Crippen LogP) is 2.55. The molecule has 0 aliphatic carbocycles. The maximum atomic E-state index is 5.66. The van der Waals surface area contributed by atoms with Crippen molar-refractivity contribution in [2.75, 3.05) is 24.7 Å². The summed E-state index contributed by atoms with van der Waals surface area (Å²) in [5, 5.41) is 0.682. The Kier molecular flexibility index (Phi) is 3.88. The molecular weight excluding hydrogens is 228 g/mol. The first kappa shape index (κ1) is 11.2. The fourth-order valence-corrected chi connectivity index (χ4v) is 3.88. The minimum absolute atomic E-state index is 0.682. The largest absolute Gasteiger partial charge is 0.381 e. The number of nitrogen functional groups attached to an aromatic ring is 1. The lowest BCUT2D eigenvalue weighted by Gasteiger charge is -2.21. The van der Waals surface area contributed by atoms with Crippen LogP contribution in [0.4, 0.5) is 5.13 Å². The second-order valence-corrected chi connectivity index (χ2v) is 6.11. The fourth-order valence-electron chi connectivity index (χ4n) is 1.64. The molecule has 0 bridgehead atoms. The molecule has 15 heavy (non-hydrogen) atoms. The van der Waals surface area contributed by atoms with Crippen molar-refractivity contribution in [1.29, 1.82) is 0 Å². The first-order chi connectivity index (χ1) is 7.25. The zero-order valence-corrected chi connectivity index (χ0v) is 10.5. The third kappa shape index (κ3) is 3.09. The van der Waals surface area contributed by atoms with Crippen molar-refractivity contribution in [2.24, 2.45) is 5.92 Å². The van der Waals surface area contributed by atoms with Crippen LogP contribution < -0.4 is 5.73 Å². The van der Waals surface area contributed by atoms with Gasteiger partial charge in [0.05, 0.1) is 9.90 Å². The van der Waals surface area contributed by atoms with Gasteiger partial charge in [-0.25, -0.2) is 4.98 Å². The molecule has 0 saturated carbocycles. The molecule has 0 atom stereocenters. The van der Waals surface area contributed by atoms with Crippen LogP contribution in [0.2, 0.25) is 0 Å². The molecular formula is C10H16N2OS2. The van der Waals surface area contributed by atoms with Crippen LogP contribution in [0.1, 0.15) is 18.5 Å². The monoisotopic (exact) mass is 244 g/mol. The molecule has 2 rings (SSSR count). The van der Waals surface area contributed by atoms with E-state index in [1.165, 1.54) is 22.8 Å². The summed E-state index contributed by atoms with van der Waals surface area (Å²) < 4.78 is 6.62. The van der Waals surface area contributed by atoms with Gasteiger partial charge in [-0.15, -0.1) is 11.8 Å². The standard InChI is InChI=1S/C10H16N2OS2/c1-7-9(15-10(11)12-7)14-6-8-2-4-13-5-3-8/h8H,2-6H2,1H3,(H2,11,12). The Morgan fingerprint density at radius 2 is 2.27 bits per heavy atom. The highest BCUT2D eigenvalue weighted by Crippen LogP contribution is 2.33. The van der Waals surface area contributed by atoms with Gasteiger partial charge in [-0.05, 0) is 25.7 Å². The summed E-state index contributed by atoms with van der Waals surface area (Å²) in [6.07, 6.45) is 2.39. The van der Waals surface area contributed by atoms with Gasteiger partial charge in [0.2, 0.25) is 0 Å². The quantitative estimate of drug-likeness (QED) is 0.830. The van der Waals surface area contributed by atoms with E-state index < -0.39 is 0 Å². The van der Waals surface area contributed by atoms with E-state index >= 15 is 0 Å². The first-order valence-corrected chi connectivity index (χ1v) is 6.99. The molecule has 0 unspecified atom stereocenters. The molecule has 3 nitrogen and oxygen atoms in total. The summed E-state index contributed by atoms with van der Waals surface area (Å²) in [6, 6.07) is 0. The lowest BCUT2D eigenvalue weighted by molar-refractivity contribution is 0.0728. The fraction of sp³-hybridized carbons (Fsp3) is 0.700. The average Bonchev–Trinajstić information content (AvgIpc) is 2.56. The third-order valence-corrected chi connectivity index (χ3v) is 5.14. The van der Waals surface area contributed by atoms with Crippen LogP contribution in [0.5, 0.6) is 0 Å². The number of rotatable bonds is 3. The molecule has 1 aromatic heterocycles. The van der Waals surface area contributed by atoms with Crippen molar-refractivity contribution >= 4 is 28.2 Å². The zero-order valence-electron chi connectivity index (χ0n) is 8.86. The van der Waals surface area contributed by atoms with Crippen molar-refractivity contribution in [3.63, 3.8) is 0 Å². The van der Waals surface area contributed by atoms with Crippen molar-refractivity contribution in [1.82, 2.24) is 4.98 Å². The second kappa shape index (κ2) is 5.18. The Labute approximate surface area is 98.4 Å². The van der Waals surface area contributed by atoms with Crippen LogP contribution >= 0.6 is 23.1 Å². The summed E-state index contributed by atoms with van der Waals surface area (Å²) in [4.78, 5) is 4.23. The second-order valence-electron chi connectivity index (χ2n) is 3.79. The molecule has 1 aliphatic rings. The summed E-state index contributed by atoms with van der Waals surface area (Å²) >= 11 is 3.50. The third-order valence-electron chi connectivity index (χ3n) is 2.56. The predicted molar refractivity (Wildman–Crippen MR) is 65.5 cm³/mol. The molecule has 2 N–H and O–H groups in total. The van der Waals surface area contributed by atoms with Gasteiger partial charge in [0.15, 0.2) is 5.13 Å². The van der Waals surface area contributed by atoms with Crippen molar-refractivity contribution in [2.45, 2.75) is 24.0 Å². The van der Waals surface area contributed by atoms with Gasteiger partial charge in [-0.3, -0.25) is 0 Å². The van der Waals surface area contributed by atoms with Crippen LogP contribution in [0, 0.1) is 12.8 Å². The smallest absolute Gasteiger partial charge is 0.181 e. The van der Waals surface area contributed by atoms with E-state index in [0.717, 1.165) is 24.8 Å². The summed E-state index contributed by atoms with van der Waals surface area (Å²) in [5.74, 6) is 1.97. The Morgan fingerprint density at radius 1 is 1.53 bits per heavy atom. The van der Waals surface area contributed by atoms with E-state index in [-0.39, 0.29) is 0 Å². The van der Waals surface area contributed by atoms with Crippen LogP contribution in [0.15, 0.2) is 4.21 Å². The van der Waals surface area contributed by atoms with Crippen LogP contribution in [0.3, 0.4) is 0 Å². The van der Waals surface area contributed by atoms with E-state index in [1.807, 2.05) is 18.7 Å². The molecule has 2 heterocycles. The molecule has 0 spiro atoms. The van der Waals surface area contributed by atoms with E-state index in [4.69, 9.17) is 10.5 Å². The van der Waals surface area contributed by atoms with Gasteiger partial charge in [0.25, 0.3) is 0 Å². The number of hydrogen-bond donors (Lipinski definition) is 1. The van der Waals surface area contributed by atoms with Gasteiger partial charge in [-0.1, -0.05) is 11.3 Å². The molecule has 5 heteroatoms. The van der Waals surface area contributed by atoms with Crippen LogP contribution in [-0.2, 0) is 4.74 Å². The van der Waals surface area contributed by atoms with Gasteiger partial charge in [0.1, 0.15) is 0 Å². The number of anilines is 1. The van der Waals surface area contributed by atoms with Crippen molar-refractivity contribution in [3.8, 4) is 0 Å². The number of nitrogens with zero attached hydrogens (tertiary/aromatic N) is 1. The molecule has 1 fully saturated rings. The zero-order chi connectivity index (χ0) is 10.7. The number of aryl methyl sites for hydroxylation is 1. The lowest BCUT2D eigenvalue weighted by atomic mass is 10.0. The van der Waals surface area contributed by atoms with Crippen LogP contribution in [-0.4, -0.2) is 24.0 Å². The van der Waals surface area contributed by atoms with Crippen molar-refractivity contribution < 1.29 is 4.74 Å². The molecule has 1 saturated heterocycles. The van der Waals surface area contributed by atoms with Gasteiger partial charge in [-0.2, -0.15) is 0 Å². The summed E-state index contributed by atoms with van der Waals surface area (Å²) in [6.45, 7) is 3.88. The topological polar surface area (TPSA) is 48.1 Å². The van der Waals surface area contributed by atoms with Gasteiger partial charge < -0.3 is 10.5 Å². The highest BCUT2D eigenvalue weighted by molar-refractivity contribution is 8.01. The van der Waals surface area contributed by atoms with E-state index in [1.54, 1.807) is 11.3 Å². The normalized spacial score (nSPS) is 18.2. The van der Waals surface area contributed by atoms with Gasteiger partial charge in [0, 0.05) is 19.0 Å². The van der Waals surface area contributed by atoms with E-state index in [9.17, 15) is 0 Å². The van der Waals surface area contributed by atoms with Gasteiger partial charge >= 0.3 is 0 Å². The maximum Gasteiger partial charge on any atom is 0.181 e. The minimum Gasteiger partial charge on any atom is -0.381 e. The van der Waals surface area contributed by atoms with E-state index in [2.05, 4.69) is 4.98 Å². The van der Waals surface area contributed by atoms with Crippen LogP contribution in [0.25, 0.3) is 0 Å². The molecule has 1 aromatic rings. The molecule has 0 aromatic carbocycles.